The number of aromatic amines is 1. The number of hydrogen-bond acceptors (Lipinski definition) is 4. The van der Waals surface area contributed by atoms with E-state index in [1.807, 2.05) is 12.1 Å². The number of fused-ring (bicyclic) bond motifs is 1. The lowest BCUT2D eigenvalue weighted by molar-refractivity contribution is 0.187. The summed E-state index contributed by atoms with van der Waals surface area (Å²) in [4.78, 5) is 13.4. The average molecular weight is 404 g/mol. The van der Waals surface area contributed by atoms with E-state index in [1.54, 1.807) is 0 Å². The maximum absolute atomic E-state index is 4.66. The third-order valence-electron chi connectivity index (χ3n) is 6.79. The van der Waals surface area contributed by atoms with Crippen molar-refractivity contribution in [3.8, 4) is 0 Å². The average Bonchev–Trinajstić information content (AvgIpc) is 3.40. The van der Waals surface area contributed by atoms with E-state index >= 15 is 0 Å². The lowest BCUT2D eigenvalue weighted by atomic mass is 9.99. The maximum atomic E-state index is 4.66. The van der Waals surface area contributed by atoms with E-state index in [-0.39, 0.29) is 0 Å². The van der Waals surface area contributed by atoms with Crippen LogP contribution in [0.4, 0.5) is 5.95 Å². The van der Waals surface area contributed by atoms with Gasteiger partial charge in [-0.15, -0.1) is 0 Å². The highest BCUT2D eigenvalue weighted by atomic mass is 15.2. The number of benzene rings is 2. The Morgan fingerprint density at radius 2 is 1.60 bits per heavy atom. The van der Waals surface area contributed by atoms with Crippen LogP contribution in [0.3, 0.4) is 0 Å². The van der Waals surface area contributed by atoms with Crippen molar-refractivity contribution in [1.29, 1.82) is 0 Å². The van der Waals surface area contributed by atoms with E-state index in [0.29, 0.717) is 6.04 Å². The topological polar surface area (TPSA) is 47.2 Å². The molecule has 158 valence electrons. The molecule has 5 heteroatoms. The Morgan fingerprint density at radius 3 is 2.43 bits per heavy atom. The molecule has 2 aliphatic heterocycles. The first kappa shape index (κ1) is 19.6. The quantitative estimate of drug-likeness (QED) is 0.626. The Kier molecular flexibility index (Phi) is 6.00. The van der Waals surface area contributed by atoms with Gasteiger partial charge in [-0.3, -0.25) is 0 Å². The molecule has 5 nitrogen and oxygen atoms in total. The summed E-state index contributed by atoms with van der Waals surface area (Å²) in [6, 6.07) is 19.7. The van der Waals surface area contributed by atoms with Gasteiger partial charge in [-0.2, -0.15) is 0 Å². The Balaban J connectivity index is 1.02. The molecule has 2 saturated heterocycles. The van der Waals surface area contributed by atoms with Gasteiger partial charge in [0.15, 0.2) is 0 Å². The fraction of sp³-hybridized carbons (Fsp3) is 0.480. The van der Waals surface area contributed by atoms with Crippen LogP contribution in [0.5, 0.6) is 0 Å². The summed E-state index contributed by atoms with van der Waals surface area (Å²) >= 11 is 0. The van der Waals surface area contributed by atoms with E-state index in [2.05, 4.69) is 67.5 Å². The number of aromatic nitrogens is 2. The third kappa shape index (κ3) is 4.85. The van der Waals surface area contributed by atoms with Gasteiger partial charge in [-0.25, -0.2) is 4.98 Å². The first-order valence-electron chi connectivity index (χ1n) is 11.5. The molecule has 2 aromatic carbocycles. The highest BCUT2D eigenvalue weighted by Crippen LogP contribution is 2.21. The summed E-state index contributed by atoms with van der Waals surface area (Å²) in [5, 5.41) is 3.61. The zero-order valence-corrected chi connectivity index (χ0v) is 17.8. The Morgan fingerprint density at radius 1 is 0.867 bits per heavy atom. The predicted octanol–water partition coefficient (Wildman–Crippen LogP) is 4.00. The van der Waals surface area contributed by atoms with E-state index in [9.17, 15) is 0 Å². The minimum atomic E-state index is 0.517. The van der Waals surface area contributed by atoms with Crippen molar-refractivity contribution in [2.75, 3.05) is 44.6 Å². The minimum Gasteiger partial charge on any atom is -0.353 e. The number of likely N-dealkylation sites (tertiary alicyclic amines) is 2. The van der Waals surface area contributed by atoms with Crippen molar-refractivity contribution in [3.05, 3.63) is 60.2 Å². The van der Waals surface area contributed by atoms with Crippen LogP contribution in [0.1, 0.15) is 24.8 Å². The van der Waals surface area contributed by atoms with Gasteiger partial charge in [-0.1, -0.05) is 42.5 Å². The number of nitrogens with one attached hydrogen (secondary N) is 2. The van der Waals surface area contributed by atoms with E-state index < -0.39 is 0 Å². The van der Waals surface area contributed by atoms with Crippen LogP contribution in [0.15, 0.2) is 54.6 Å². The highest BCUT2D eigenvalue weighted by Gasteiger charge is 2.24. The van der Waals surface area contributed by atoms with Crippen LogP contribution in [-0.4, -0.2) is 65.1 Å². The first-order chi connectivity index (χ1) is 14.8. The van der Waals surface area contributed by atoms with Gasteiger partial charge in [-0.05, 0) is 55.8 Å². The lowest BCUT2D eigenvalue weighted by Crippen LogP contribution is -2.42. The summed E-state index contributed by atoms with van der Waals surface area (Å²) in [5.41, 5.74) is 3.63. The monoisotopic (exact) mass is 403 g/mol. The van der Waals surface area contributed by atoms with Gasteiger partial charge >= 0.3 is 0 Å². The van der Waals surface area contributed by atoms with Crippen LogP contribution in [0.2, 0.25) is 0 Å². The van der Waals surface area contributed by atoms with Crippen molar-refractivity contribution in [2.45, 2.75) is 31.7 Å². The van der Waals surface area contributed by atoms with Gasteiger partial charge < -0.3 is 20.1 Å². The molecule has 0 amide bonds. The molecular formula is C25H33N5. The predicted molar refractivity (Wildman–Crippen MR) is 124 cm³/mol. The molecule has 1 aromatic heterocycles. The molecule has 0 bridgehead atoms. The molecule has 2 N–H and O–H groups in total. The first-order valence-corrected chi connectivity index (χ1v) is 11.5. The van der Waals surface area contributed by atoms with Gasteiger partial charge in [0.1, 0.15) is 0 Å². The number of piperidine rings is 1. The molecule has 3 heterocycles. The summed E-state index contributed by atoms with van der Waals surface area (Å²) in [6.45, 7) is 7.31. The second kappa shape index (κ2) is 9.19. The summed E-state index contributed by atoms with van der Waals surface area (Å²) in [5.74, 6) is 1.74. The van der Waals surface area contributed by atoms with Crippen LogP contribution in [0, 0.1) is 5.92 Å². The standard InChI is InChI=1S/C25H33N5/c1-2-6-20(7-3-1)18-21-10-13-30(19-21)17-16-29-14-11-22(12-15-29)26-25-27-23-8-4-5-9-24(23)28-25/h1-9,21-22H,10-19H2,(H2,26,27,28). The number of imidazole rings is 1. The van der Waals surface area contributed by atoms with Crippen molar-refractivity contribution < 1.29 is 0 Å². The Bertz CT molecular complexity index is 896. The molecule has 0 aliphatic carbocycles. The summed E-state index contributed by atoms with van der Waals surface area (Å²) in [6.07, 6.45) is 4.95. The Labute approximate surface area is 179 Å². The fourth-order valence-electron chi connectivity index (χ4n) is 5.03. The normalized spacial score (nSPS) is 21.4. The number of para-hydroxylation sites is 2. The van der Waals surface area contributed by atoms with E-state index in [0.717, 1.165) is 22.9 Å². The SMILES string of the molecule is c1ccc(CC2CCN(CCN3CCC(Nc4nc5ccccc5[nH]4)CC3)C2)cc1. The molecule has 1 atom stereocenters. The van der Waals surface area contributed by atoms with Gasteiger partial charge in [0, 0.05) is 38.8 Å². The fourth-order valence-corrected chi connectivity index (χ4v) is 5.03. The van der Waals surface area contributed by atoms with E-state index in [4.69, 9.17) is 0 Å². The molecule has 5 rings (SSSR count). The third-order valence-corrected chi connectivity index (χ3v) is 6.79. The molecule has 30 heavy (non-hydrogen) atoms. The van der Waals surface area contributed by atoms with Crippen molar-refractivity contribution in [3.63, 3.8) is 0 Å². The molecule has 0 spiro atoms. The Hall–Kier alpha value is -2.37. The number of anilines is 1. The summed E-state index contributed by atoms with van der Waals surface area (Å²) in [7, 11) is 0. The molecule has 0 saturated carbocycles. The zero-order chi connectivity index (χ0) is 20.2. The largest absolute Gasteiger partial charge is 0.353 e. The molecule has 2 aliphatic rings. The molecule has 0 radical (unpaired) electrons. The van der Waals surface area contributed by atoms with Gasteiger partial charge in [0.25, 0.3) is 0 Å². The van der Waals surface area contributed by atoms with E-state index in [1.165, 1.54) is 70.5 Å². The van der Waals surface area contributed by atoms with Crippen LogP contribution in [-0.2, 0) is 6.42 Å². The van der Waals surface area contributed by atoms with Crippen LogP contribution in [0.25, 0.3) is 11.0 Å². The molecular weight excluding hydrogens is 370 g/mol. The smallest absolute Gasteiger partial charge is 0.201 e. The maximum Gasteiger partial charge on any atom is 0.201 e. The number of rotatable bonds is 7. The van der Waals surface area contributed by atoms with Crippen molar-refractivity contribution in [2.24, 2.45) is 5.92 Å². The number of hydrogen-bond donors (Lipinski definition) is 2. The van der Waals surface area contributed by atoms with Gasteiger partial charge in [0.2, 0.25) is 5.95 Å². The minimum absolute atomic E-state index is 0.517. The molecule has 1 unspecified atom stereocenters. The zero-order valence-electron chi connectivity index (χ0n) is 17.8. The number of H-pyrrole nitrogens is 1. The molecule has 2 fully saturated rings. The number of nitrogens with zero attached hydrogens (tertiary/aromatic N) is 3. The van der Waals surface area contributed by atoms with Gasteiger partial charge in [0.05, 0.1) is 11.0 Å². The molecule has 3 aromatic rings. The van der Waals surface area contributed by atoms with Crippen LogP contribution < -0.4 is 5.32 Å². The van der Waals surface area contributed by atoms with Crippen LogP contribution >= 0.6 is 0 Å². The lowest BCUT2D eigenvalue weighted by Gasteiger charge is -2.33. The second-order valence-electron chi connectivity index (χ2n) is 9.01. The van der Waals surface area contributed by atoms with Crippen molar-refractivity contribution >= 4 is 17.0 Å². The second-order valence-corrected chi connectivity index (χ2v) is 9.01. The highest BCUT2D eigenvalue weighted by molar-refractivity contribution is 5.77. The van der Waals surface area contributed by atoms with Crippen molar-refractivity contribution in [1.82, 2.24) is 19.8 Å². The summed E-state index contributed by atoms with van der Waals surface area (Å²) < 4.78 is 0.